The molecule has 0 radical (unpaired) electrons. The molecule has 1 saturated heterocycles. The zero-order valence-electron chi connectivity index (χ0n) is 9.35. The maximum absolute atomic E-state index is 12.9. The average Bonchev–Trinajstić information content (AvgIpc) is 2.20. The van der Waals surface area contributed by atoms with Crippen LogP contribution in [0.15, 0.2) is 6.20 Å². The van der Waals surface area contributed by atoms with Gasteiger partial charge in [0.15, 0.2) is 11.6 Å². The second kappa shape index (κ2) is 4.21. The Balaban J connectivity index is 2.19. The summed E-state index contributed by atoms with van der Waals surface area (Å²) < 4.78 is 18.5. The summed E-state index contributed by atoms with van der Waals surface area (Å²) in [5, 5.41) is 0. The van der Waals surface area contributed by atoms with E-state index in [9.17, 15) is 4.39 Å². The van der Waals surface area contributed by atoms with E-state index < -0.39 is 5.82 Å². The van der Waals surface area contributed by atoms with Gasteiger partial charge in [-0.25, -0.2) is 9.37 Å². The van der Waals surface area contributed by atoms with Crippen LogP contribution in [-0.4, -0.2) is 35.3 Å². The van der Waals surface area contributed by atoms with E-state index >= 15 is 0 Å². The summed E-state index contributed by atoms with van der Waals surface area (Å²) in [6, 6.07) is 0. The van der Waals surface area contributed by atoms with Crippen molar-refractivity contribution in [3.05, 3.63) is 12.0 Å². The van der Waals surface area contributed by atoms with Crippen LogP contribution in [0.2, 0.25) is 0 Å². The maximum atomic E-state index is 12.9. The Kier molecular flexibility index (Phi) is 2.91. The first-order valence-electron chi connectivity index (χ1n) is 5.24. The zero-order chi connectivity index (χ0) is 11.7. The second-order valence-electron chi connectivity index (χ2n) is 4.07. The first kappa shape index (κ1) is 11.1. The molecule has 2 rings (SSSR count). The average molecular weight is 226 g/mol. The van der Waals surface area contributed by atoms with E-state index in [2.05, 4.69) is 9.97 Å². The summed E-state index contributed by atoms with van der Waals surface area (Å²) in [7, 11) is 0. The van der Waals surface area contributed by atoms with E-state index in [0.717, 1.165) is 6.20 Å². The van der Waals surface area contributed by atoms with Gasteiger partial charge >= 0.3 is 0 Å². The lowest BCUT2D eigenvalue weighted by atomic mass is 10.2. The molecule has 0 saturated carbocycles. The maximum Gasteiger partial charge on any atom is 0.227 e. The third-order valence-electron chi connectivity index (χ3n) is 2.46. The molecular weight excluding hydrogens is 211 g/mol. The number of morpholine rings is 1. The minimum absolute atomic E-state index is 0.110. The SMILES string of the molecule is C[C@H]1CN(c2ncc(F)c(N)n2)C[C@H](C)O1. The van der Waals surface area contributed by atoms with Crippen LogP contribution in [0.4, 0.5) is 16.2 Å². The summed E-state index contributed by atoms with van der Waals surface area (Å²) in [4.78, 5) is 9.82. The molecule has 6 heteroatoms. The van der Waals surface area contributed by atoms with Crippen molar-refractivity contribution in [2.24, 2.45) is 0 Å². The Morgan fingerprint density at radius 2 is 2.06 bits per heavy atom. The van der Waals surface area contributed by atoms with Gasteiger partial charge in [-0.15, -0.1) is 0 Å². The van der Waals surface area contributed by atoms with Crippen molar-refractivity contribution in [1.82, 2.24) is 9.97 Å². The van der Waals surface area contributed by atoms with Crippen LogP contribution in [0.1, 0.15) is 13.8 Å². The van der Waals surface area contributed by atoms with Crippen molar-refractivity contribution in [2.45, 2.75) is 26.1 Å². The van der Waals surface area contributed by atoms with Gasteiger partial charge in [0.05, 0.1) is 18.4 Å². The number of nitrogens with zero attached hydrogens (tertiary/aromatic N) is 3. The molecule has 2 atom stereocenters. The summed E-state index contributed by atoms with van der Waals surface area (Å²) >= 11 is 0. The van der Waals surface area contributed by atoms with Gasteiger partial charge in [-0.3, -0.25) is 0 Å². The molecule has 2 N–H and O–H groups in total. The number of hydrogen-bond acceptors (Lipinski definition) is 5. The van der Waals surface area contributed by atoms with Crippen LogP contribution < -0.4 is 10.6 Å². The Morgan fingerprint density at radius 1 is 1.44 bits per heavy atom. The van der Waals surface area contributed by atoms with Crippen molar-refractivity contribution < 1.29 is 9.13 Å². The molecule has 88 valence electrons. The smallest absolute Gasteiger partial charge is 0.227 e. The van der Waals surface area contributed by atoms with Crippen molar-refractivity contribution in [1.29, 1.82) is 0 Å². The van der Waals surface area contributed by atoms with Gasteiger partial charge in [0.2, 0.25) is 5.95 Å². The van der Waals surface area contributed by atoms with Crippen LogP contribution in [0, 0.1) is 5.82 Å². The standard InChI is InChI=1S/C10H15FN4O/c1-6-4-15(5-7(2)16-6)10-13-3-8(11)9(12)14-10/h3,6-7H,4-5H2,1-2H3,(H2,12,13,14)/t6-,7-/m0/s1. The van der Waals surface area contributed by atoms with Gasteiger partial charge in [-0.2, -0.15) is 4.98 Å². The second-order valence-corrected chi connectivity index (χ2v) is 4.07. The number of aromatic nitrogens is 2. The van der Waals surface area contributed by atoms with Gasteiger partial charge in [-0.1, -0.05) is 0 Å². The topological polar surface area (TPSA) is 64.3 Å². The Morgan fingerprint density at radius 3 is 2.62 bits per heavy atom. The third-order valence-corrected chi connectivity index (χ3v) is 2.46. The van der Waals surface area contributed by atoms with Crippen LogP contribution >= 0.6 is 0 Å². The highest BCUT2D eigenvalue weighted by molar-refractivity contribution is 5.39. The number of halogens is 1. The molecule has 16 heavy (non-hydrogen) atoms. The molecule has 1 aliphatic heterocycles. The van der Waals surface area contributed by atoms with Crippen LogP contribution in [0.5, 0.6) is 0 Å². The molecule has 0 amide bonds. The molecule has 2 heterocycles. The van der Waals surface area contributed by atoms with Crippen LogP contribution in [0.25, 0.3) is 0 Å². The van der Waals surface area contributed by atoms with E-state index in [-0.39, 0.29) is 18.0 Å². The lowest BCUT2D eigenvalue weighted by Crippen LogP contribution is -2.46. The number of nitrogen functional groups attached to an aromatic ring is 1. The van der Waals surface area contributed by atoms with Gasteiger partial charge in [0.25, 0.3) is 0 Å². The number of rotatable bonds is 1. The Hall–Kier alpha value is -1.43. The Bertz CT molecular complexity index is 377. The van der Waals surface area contributed by atoms with Gasteiger partial charge in [0, 0.05) is 13.1 Å². The first-order chi connectivity index (χ1) is 7.56. The predicted molar refractivity (Wildman–Crippen MR) is 58.6 cm³/mol. The molecule has 1 fully saturated rings. The van der Waals surface area contributed by atoms with Crippen molar-refractivity contribution in [3.63, 3.8) is 0 Å². The highest BCUT2D eigenvalue weighted by Crippen LogP contribution is 2.17. The minimum atomic E-state index is -0.585. The lowest BCUT2D eigenvalue weighted by Gasteiger charge is -2.35. The molecule has 1 aliphatic rings. The van der Waals surface area contributed by atoms with Crippen molar-refractivity contribution >= 4 is 11.8 Å². The van der Waals surface area contributed by atoms with Gasteiger partial charge < -0.3 is 15.4 Å². The number of ether oxygens (including phenoxy) is 1. The van der Waals surface area contributed by atoms with E-state index in [1.807, 2.05) is 18.7 Å². The van der Waals surface area contributed by atoms with Gasteiger partial charge in [-0.05, 0) is 13.8 Å². The molecule has 1 aromatic heterocycles. The number of nitrogens with two attached hydrogens (primary N) is 1. The fourth-order valence-corrected chi connectivity index (χ4v) is 1.86. The zero-order valence-corrected chi connectivity index (χ0v) is 9.35. The molecular formula is C10H15FN4O. The normalized spacial score (nSPS) is 25.8. The van der Waals surface area contributed by atoms with E-state index in [1.54, 1.807) is 0 Å². The first-order valence-corrected chi connectivity index (χ1v) is 5.24. The number of anilines is 2. The molecule has 0 unspecified atom stereocenters. The molecule has 0 spiro atoms. The van der Waals surface area contributed by atoms with E-state index in [0.29, 0.717) is 19.0 Å². The largest absolute Gasteiger partial charge is 0.381 e. The molecule has 5 nitrogen and oxygen atoms in total. The summed E-state index contributed by atoms with van der Waals surface area (Å²) in [5.41, 5.74) is 5.41. The monoisotopic (exact) mass is 226 g/mol. The molecule has 1 aromatic rings. The quantitative estimate of drug-likeness (QED) is 0.767. The highest BCUT2D eigenvalue weighted by atomic mass is 19.1. The predicted octanol–water partition coefficient (Wildman–Crippen LogP) is 0.811. The van der Waals surface area contributed by atoms with Crippen LogP contribution in [0.3, 0.4) is 0 Å². The molecule has 0 bridgehead atoms. The van der Waals surface area contributed by atoms with Crippen LogP contribution in [-0.2, 0) is 4.74 Å². The van der Waals surface area contributed by atoms with E-state index in [4.69, 9.17) is 10.5 Å². The highest BCUT2D eigenvalue weighted by Gasteiger charge is 2.24. The minimum Gasteiger partial charge on any atom is -0.381 e. The van der Waals surface area contributed by atoms with E-state index in [1.165, 1.54) is 0 Å². The summed E-state index contributed by atoms with van der Waals surface area (Å²) in [5.74, 6) is -0.240. The lowest BCUT2D eigenvalue weighted by molar-refractivity contribution is -0.00571. The Labute approximate surface area is 93.4 Å². The third kappa shape index (κ3) is 2.21. The fraction of sp³-hybridized carbons (Fsp3) is 0.600. The van der Waals surface area contributed by atoms with Gasteiger partial charge in [0.1, 0.15) is 0 Å². The fourth-order valence-electron chi connectivity index (χ4n) is 1.86. The molecule has 0 aromatic carbocycles. The summed E-state index contributed by atoms with van der Waals surface area (Å²) in [6.45, 7) is 5.34. The molecule has 0 aliphatic carbocycles. The summed E-state index contributed by atoms with van der Waals surface area (Å²) in [6.07, 6.45) is 1.32. The van der Waals surface area contributed by atoms with Crippen molar-refractivity contribution in [3.8, 4) is 0 Å². The number of hydrogen-bond donors (Lipinski definition) is 1. The van der Waals surface area contributed by atoms with Crippen molar-refractivity contribution in [2.75, 3.05) is 23.7 Å².